The van der Waals surface area contributed by atoms with Gasteiger partial charge in [0.05, 0.1) is 18.5 Å². The van der Waals surface area contributed by atoms with Crippen molar-refractivity contribution in [1.29, 1.82) is 0 Å². The number of hydrogen-bond acceptors (Lipinski definition) is 4. The zero-order valence-electron chi connectivity index (χ0n) is 13.3. The predicted molar refractivity (Wildman–Crippen MR) is 95.2 cm³/mol. The summed E-state index contributed by atoms with van der Waals surface area (Å²) in [5.41, 5.74) is 0.959. The Labute approximate surface area is 152 Å². The van der Waals surface area contributed by atoms with Gasteiger partial charge < -0.3 is 15.1 Å². The van der Waals surface area contributed by atoms with Gasteiger partial charge in [0.2, 0.25) is 0 Å². The normalized spacial score (nSPS) is 10.5. The second-order valence-electron chi connectivity index (χ2n) is 5.29. The first-order valence-corrected chi connectivity index (χ1v) is 8.23. The second kappa shape index (κ2) is 7.35. The van der Waals surface area contributed by atoms with Gasteiger partial charge in [0.25, 0.3) is 11.8 Å². The second-order valence-corrected chi connectivity index (χ2v) is 6.20. The number of carbonyl (C=O) groups is 2. The van der Waals surface area contributed by atoms with Gasteiger partial charge in [0, 0.05) is 23.3 Å². The van der Waals surface area contributed by atoms with Gasteiger partial charge in [-0.25, -0.2) is 0 Å². The molecule has 128 valence electrons. The standard InChI is InChI=1S/C17H15BrN4O3/c1-22-10-14(20-16(23)11-4-6-12(18)7-5-11)15(21-22)17(24)19-9-13-3-2-8-25-13/h2-8,10H,9H2,1H3,(H,19,24)(H,20,23). The molecule has 3 aromatic rings. The van der Waals surface area contributed by atoms with Crippen LogP contribution in [-0.4, -0.2) is 21.6 Å². The lowest BCUT2D eigenvalue weighted by molar-refractivity contribution is 0.0943. The molecule has 2 amide bonds. The monoisotopic (exact) mass is 402 g/mol. The van der Waals surface area contributed by atoms with E-state index in [1.54, 1.807) is 49.6 Å². The molecule has 2 aromatic heterocycles. The van der Waals surface area contributed by atoms with Crippen LogP contribution >= 0.6 is 15.9 Å². The molecule has 2 N–H and O–H groups in total. The van der Waals surface area contributed by atoms with E-state index in [1.165, 1.54) is 10.9 Å². The molecule has 1 aromatic carbocycles. The quantitative estimate of drug-likeness (QED) is 0.686. The van der Waals surface area contributed by atoms with Crippen LogP contribution in [0.4, 0.5) is 5.69 Å². The number of aromatic nitrogens is 2. The van der Waals surface area contributed by atoms with Gasteiger partial charge in [-0.15, -0.1) is 0 Å². The maximum Gasteiger partial charge on any atom is 0.274 e. The van der Waals surface area contributed by atoms with Crippen molar-refractivity contribution >= 4 is 33.4 Å². The average molecular weight is 403 g/mol. The molecule has 0 radical (unpaired) electrons. The van der Waals surface area contributed by atoms with Gasteiger partial charge in [0.1, 0.15) is 5.76 Å². The van der Waals surface area contributed by atoms with Crippen molar-refractivity contribution in [2.45, 2.75) is 6.54 Å². The Kier molecular flexibility index (Phi) is 4.99. The first-order valence-electron chi connectivity index (χ1n) is 7.44. The summed E-state index contributed by atoms with van der Waals surface area (Å²) in [6.07, 6.45) is 3.12. The number of rotatable bonds is 5. The summed E-state index contributed by atoms with van der Waals surface area (Å²) in [5, 5.41) is 9.55. The molecule has 0 saturated carbocycles. The summed E-state index contributed by atoms with van der Waals surface area (Å²) in [4.78, 5) is 24.7. The van der Waals surface area contributed by atoms with Crippen molar-refractivity contribution in [3.8, 4) is 0 Å². The van der Waals surface area contributed by atoms with E-state index in [1.807, 2.05) is 0 Å². The van der Waals surface area contributed by atoms with Crippen LogP contribution in [0.5, 0.6) is 0 Å². The summed E-state index contributed by atoms with van der Waals surface area (Å²) in [7, 11) is 1.68. The summed E-state index contributed by atoms with van der Waals surface area (Å²) >= 11 is 3.32. The molecule has 0 aliphatic carbocycles. The molecule has 25 heavy (non-hydrogen) atoms. The maximum absolute atomic E-state index is 12.4. The van der Waals surface area contributed by atoms with Crippen LogP contribution in [0.15, 0.2) is 57.7 Å². The Morgan fingerprint density at radius 1 is 1.20 bits per heavy atom. The Hall–Kier alpha value is -2.87. The number of benzene rings is 1. The number of amides is 2. The number of nitrogens with one attached hydrogen (secondary N) is 2. The molecular formula is C17H15BrN4O3. The molecule has 2 heterocycles. The number of anilines is 1. The third-order valence-corrected chi connectivity index (χ3v) is 3.93. The zero-order valence-corrected chi connectivity index (χ0v) is 14.9. The van der Waals surface area contributed by atoms with E-state index in [9.17, 15) is 9.59 Å². The van der Waals surface area contributed by atoms with Crippen molar-refractivity contribution in [3.63, 3.8) is 0 Å². The fourth-order valence-electron chi connectivity index (χ4n) is 2.21. The lowest BCUT2D eigenvalue weighted by Gasteiger charge is -2.06. The van der Waals surface area contributed by atoms with Crippen molar-refractivity contribution in [2.24, 2.45) is 7.05 Å². The largest absolute Gasteiger partial charge is 0.467 e. The van der Waals surface area contributed by atoms with E-state index in [0.717, 1.165) is 4.47 Å². The molecule has 0 bridgehead atoms. The van der Waals surface area contributed by atoms with Crippen LogP contribution in [0.3, 0.4) is 0 Å². The Balaban J connectivity index is 1.72. The van der Waals surface area contributed by atoms with Crippen LogP contribution in [0.2, 0.25) is 0 Å². The number of aryl methyl sites for hydroxylation is 1. The van der Waals surface area contributed by atoms with E-state index >= 15 is 0 Å². The highest BCUT2D eigenvalue weighted by Crippen LogP contribution is 2.16. The van der Waals surface area contributed by atoms with Gasteiger partial charge in [-0.2, -0.15) is 5.10 Å². The van der Waals surface area contributed by atoms with E-state index in [-0.39, 0.29) is 18.1 Å². The number of nitrogens with zero attached hydrogens (tertiary/aromatic N) is 2. The van der Waals surface area contributed by atoms with Crippen molar-refractivity contribution in [3.05, 3.63) is 70.3 Å². The molecule has 8 heteroatoms. The topological polar surface area (TPSA) is 89.2 Å². The van der Waals surface area contributed by atoms with Crippen LogP contribution in [0.1, 0.15) is 26.6 Å². The minimum atomic E-state index is -0.400. The molecule has 0 aliphatic heterocycles. The lowest BCUT2D eigenvalue weighted by atomic mass is 10.2. The van der Waals surface area contributed by atoms with Gasteiger partial charge in [0.15, 0.2) is 5.69 Å². The molecular weight excluding hydrogens is 388 g/mol. The lowest BCUT2D eigenvalue weighted by Crippen LogP contribution is -2.25. The highest BCUT2D eigenvalue weighted by Gasteiger charge is 2.18. The van der Waals surface area contributed by atoms with Crippen molar-refractivity contribution in [1.82, 2.24) is 15.1 Å². The van der Waals surface area contributed by atoms with E-state index < -0.39 is 5.91 Å². The molecule has 0 aliphatic rings. The van der Waals surface area contributed by atoms with E-state index in [0.29, 0.717) is 17.0 Å². The van der Waals surface area contributed by atoms with Crippen molar-refractivity contribution < 1.29 is 14.0 Å². The first-order chi connectivity index (χ1) is 12.0. The molecule has 3 rings (SSSR count). The van der Waals surface area contributed by atoms with Gasteiger partial charge in [-0.05, 0) is 36.4 Å². The number of hydrogen-bond donors (Lipinski definition) is 2. The van der Waals surface area contributed by atoms with Crippen LogP contribution in [0, 0.1) is 0 Å². The predicted octanol–water partition coefficient (Wildman–Crippen LogP) is 2.96. The SMILES string of the molecule is Cn1cc(NC(=O)c2ccc(Br)cc2)c(C(=O)NCc2ccco2)n1. The Morgan fingerprint density at radius 2 is 1.96 bits per heavy atom. The Bertz CT molecular complexity index is 885. The fraction of sp³-hybridized carbons (Fsp3) is 0.118. The summed E-state index contributed by atoms with van der Waals surface area (Å²) in [5.74, 6) is -0.0894. The highest BCUT2D eigenvalue weighted by molar-refractivity contribution is 9.10. The highest BCUT2D eigenvalue weighted by atomic mass is 79.9. The number of carbonyl (C=O) groups excluding carboxylic acids is 2. The third kappa shape index (κ3) is 4.16. The minimum Gasteiger partial charge on any atom is -0.467 e. The first kappa shape index (κ1) is 17.0. The van der Waals surface area contributed by atoms with E-state index in [2.05, 4.69) is 31.7 Å². The van der Waals surface area contributed by atoms with E-state index in [4.69, 9.17) is 4.42 Å². The molecule has 0 spiro atoms. The van der Waals surface area contributed by atoms with Crippen LogP contribution < -0.4 is 10.6 Å². The zero-order chi connectivity index (χ0) is 17.8. The van der Waals surface area contributed by atoms with Gasteiger partial charge in [-0.1, -0.05) is 15.9 Å². The third-order valence-electron chi connectivity index (χ3n) is 3.40. The van der Waals surface area contributed by atoms with Gasteiger partial charge in [-0.3, -0.25) is 14.3 Å². The molecule has 0 fully saturated rings. The molecule has 7 nitrogen and oxygen atoms in total. The average Bonchev–Trinajstić information content (AvgIpc) is 3.23. The summed E-state index contributed by atoms with van der Waals surface area (Å²) < 4.78 is 7.52. The van der Waals surface area contributed by atoms with Crippen LogP contribution in [-0.2, 0) is 13.6 Å². The summed E-state index contributed by atoms with van der Waals surface area (Å²) in [6, 6.07) is 10.4. The maximum atomic E-state index is 12.4. The van der Waals surface area contributed by atoms with Gasteiger partial charge >= 0.3 is 0 Å². The fourth-order valence-corrected chi connectivity index (χ4v) is 2.47. The number of furan rings is 1. The Morgan fingerprint density at radius 3 is 2.64 bits per heavy atom. The van der Waals surface area contributed by atoms with Crippen LogP contribution in [0.25, 0.3) is 0 Å². The van der Waals surface area contributed by atoms with Crippen molar-refractivity contribution in [2.75, 3.05) is 5.32 Å². The molecule has 0 atom stereocenters. The molecule has 0 saturated heterocycles. The molecule has 0 unspecified atom stereocenters. The number of halogens is 1. The summed E-state index contributed by atoms with van der Waals surface area (Å²) in [6.45, 7) is 0.239. The smallest absolute Gasteiger partial charge is 0.274 e. The minimum absolute atomic E-state index is 0.138.